The zero-order valence-electron chi connectivity index (χ0n) is 17.6. The minimum absolute atomic E-state index is 0.182. The molecule has 150 valence electrons. The van der Waals surface area contributed by atoms with Crippen LogP contribution in [0, 0.1) is 0 Å². The number of nitrogens with zero attached hydrogens (tertiary/aromatic N) is 2. The van der Waals surface area contributed by atoms with Gasteiger partial charge in [0.25, 0.3) is 0 Å². The Morgan fingerprint density at radius 3 is 2.50 bits per heavy atom. The van der Waals surface area contributed by atoms with Crippen molar-refractivity contribution in [2.45, 2.75) is 52.4 Å². The Kier molecular flexibility index (Phi) is 5.14. The fourth-order valence-corrected chi connectivity index (χ4v) is 5.23. The molecule has 2 heterocycles. The Morgan fingerprint density at radius 2 is 1.89 bits per heavy atom. The predicted octanol–water partition coefficient (Wildman–Crippen LogP) is 4.06. The molecule has 1 aromatic heterocycles. The second-order valence-electron chi connectivity index (χ2n) is 8.73. The van der Waals surface area contributed by atoms with Gasteiger partial charge in [0.2, 0.25) is 5.95 Å². The Bertz CT molecular complexity index is 933. The summed E-state index contributed by atoms with van der Waals surface area (Å²) in [4.78, 5) is 8.15. The van der Waals surface area contributed by atoms with E-state index in [9.17, 15) is 0 Å². The van der Waals surface area contributed by atoms with Gasteiger partial charge in [0.1, 0.15) is 11.4 Å². The molecular weight excluding hydrogens is 368 g/mol. The molecule has 0 unspecified atom stereocenters. The van der Waals surface area contributed by atoms with Crippen molar-refractivity contribution in [1.29, 1.82) is 0 Å². The number of benzene rings is 1. The van der Waals surface area contributed by atoms with E-state index < -0.39 is 8.07 Å². The maximum atomic E-state index is 6.33. The highest BCUT2D eigenvalue weighted by molar-refractivity contribution is 6.93. The van der Waals surface area contributed by atoms with Crippen molar-refractivity contribution in [2.75, 3.05) is 18.1 Å². The van der Waals surface area contributed by atoms with Gasteiger partial charge in [0.05, 0.1) is 14.7 Å². The van der Waals surface area contributed by atoms with Crippen LogP contribution in [0.5, 0.6) is 11.5 Å². The first-order valence-electron chi connectivity index (χ1n) is 9.59. The van der Waals surface area contributed by atoms with Crippen LogP contribution in [0.15, 0.2) is 24.4 Å². The summed E-state index contributed by atoms with van der Waals surface area (Å²) in [7, 11) is -1.62. The number of anilines is 2. The number of aromatic nitrogens is 2. The summed E-state index contributed by atoms with van der Waals surface area (Å²) in [6, 6.07) is 4.22. The van der Waals surface area contributed by atoms with Crippen molar-refractivity contribution >= 4 is 25.0 Å². The van der Waals surface area contributed by atoms with Crippen molar-refractivity contribution in [3.63, 3.8) is 0 Å². The molecule has 0 atom stereocenters. The van der Waals surface area contributed by atoms with Crippen molar-refractivity contribution in [2.24, 2.45) is 0 Å². The molecule has 0 radical (unpaired) electrons. The van der Waals surface area contributed by atoms with E-state index in [2.05, 4.69) is 55.6 Å². The van der Waals surface area contributed by atoms with E-state index in [1.54, 1.807) is 6.20 Å². The van der Waals surface area contributed by atoms with Crippen molar-refractivity contribution in [3.8, 4) is 11.5 Å². The number of rotatable bonds is 5. The molecule has 6 nitrogen and oxygen atoms in total. The summed E-state index contributed by atoms with van der Waals surface area (Å²) in [6.45, 7) is 13.8. The molecule has 1 aromatic carbocycles. The normalized spacial score (nSPS) is 15.4. The van der Waals surface area contributed by atoms with Crippen LogP contribution in [0.1, 0.15) is 37.5 Å². The van der Waals surface area contributed by atoms with Gasteiger partial charge in [0.15, 0.2) is 11.5 Å². The summed E-state index contributed by atoms with van der Waals surface area (Å²) in [5.41, 5.74) is 14.3. The first-order chi connectivity index (χ1) is 13.0. The lowest BCUT2D eigenvalue weighted by molar-refractivity contribution is 0.149. The van der Waals surface area contributed by atoms with Gasteiger partial charge in [-0.3, -0.25) is 0 Å². The first-order valence-corrected chi connectivity index (χ1v) is 13.1. The molecule has 0 saturated heterocycles. The van der Waals surface area contributed by atoms with Gasteiger partial charge in [-0.1, -0.05) is 19.6 Å². The van der Waals surface area contributed by atoms with Gasteiger partial charge >= 0.3 is 0 Å². The van der Waals surface area contributed by atoms with Crippen molar-refractivity contribution in [3.05, 3.63) is 41.1 Å². The summed E-state index contributed by atoms with van der Waals surface area (Å²) in [5.74, 6) is 2.18. The van der Waals surface area contributed by atoms with Crippen molar-refractivity contribution < 1.29 is 9.47 Å². The molecule has 4 N–H and O–H groups in total. The molecule has 3 rings (SSSR count). The molecule has 0 aliphatic carbocycles. The molecule has 1 aliphatic rings. The lowest BCUT2D eigenvalue weighted by Crippen LogP contribution is -2.35. The van der Waals surface area contributed by atoms with Crippen LogP contribution in [-0.4, -0.2) is 30.2 Å². The van der Waals surface area contributed by atoms with Crippen LogP contribution in [0.4, 0.5) is 11.8 Å². The van der Waals surface area contributed by atoms with Gasteiger partial charge in [0, 0.05) is 23.7 Å². The minimum Gasteiger partial charge on any atom is -0.490 e. The third-order valence-corrected chi connectivity index (χ3v) is 6.71. The number of nitrogens with two attached hydrogens (primary N) is 2. The molecule has 0 saturated carbocycles. The van der Waals surface area contributed by atoms with Crippen LogP contribution >= 0.6 is 0 Å². The largest absolute Gasteiger partial charge is 0.490 e. The summed E-state index contributed by atoms with van der Waals surface area (Å²) in [6.07, 6.45) is 4.55. The molecule has 0 fully saturated rings. The fourth-order valence-electron chi connectivity index (χ4n) is 3.46. The van der Waals surface area contributed by atoms with Gasteiger partial charge in [-0.15, -0.1) is 0 Å². The summed E-state index contributed by atoms with van der Waals surface area (Å²) < 4.78 is 12.3. The fraction of sp³-hybridized carbons (Fsp3) is 0.429. The Hall–Kier alpha value is -2.54. The van der Waals surface area contributed by atoms with E-state index in [0.717, 1.165) is 28.2 Å². The van der Waals surface area contributed by atoms with Crippen LogP contribution in [0.3, 0.4) is 0 Å². The topological polar surface area (TPSA) is 96.3 Å². The van der Waals surface area contributed by atoms with E-state index in [-0.39, 0.29) is 11.5 Å². The van der Waals surface area contributed by atoms with E-state index in [0.29, 0.717) is 18.8 Å². The molecule has 28 heavy (non-hydrogen) atoms. The van der Waals surface area contributed by atoms with Crippen LogP contribution in [0.25, 0.3) is 5.20 Å². The average Bonchev–Trinajstić information content (AvgIpc) is 2.56. The zero-order valence-corrected chi connectivity index (χ0v) is 18.6. The standard InChI is InChI=1S/C21H30N4O2Si/c1-7-26-16-10-13(8-14-12-24-20(23)25-19(14)22)9-15-17(28(4,5)6)11-21(2,3)27-18(15)16/h9-12H,7-8H2,1-6H3,(H4,22,23,24,25). The monoisotopic (exact) mass is 398 g/mol. The number of nitrogen functional groups attached to an aromatic ring is 2. The number of fused-ring (bicyclic) bond motifs is 1. The maximum absolute atomic E-state index is 6.33. The second kappa shape index (κ2) is 7.13. The minimum atomic E-state index is -1.62. The van der Waals surface area contributed by atoms with Gasteiger partial charge in [-0.05, 0) is 49.7 Å². The van der Waals surface area contributed by atoms with Gasteiger partial charge in [-0.2, -0.15) is 4.98 Å². The van der Waals surface area contributed by atoms with Gasteiger partial charge < -0.3 is 20.9 Å². The maximum Gasteiger partial charge on any atom is 0.221 e. The number of hydrogen-bond acceptors (Lipinski definition) is 6. The molecule has 7 heteroatoms. The average molecular weight is 399 g/mol. The Morgan fingerprint density at radius 1 is 1.18 bits per heavy atom. The lowest BCUT2D eigenvalue weighted by Gasteiger charge is -2.36. The highest BCUT2D eigenvalue weighted by Gasteiger charge is 2.35. The van der Waals surface area contributed by atoms with Gasteiger partial charge in [-0.25, -0.2) is 4.98 Å². The highest BCUT2D eigenvalue weighted by Crippen LogP contribution is 2.46. The Balaban J connectivity index is 2.14. The summed E-state index contributed by atoms with van der Waals surface area (Å²) in [5, 5.41) is 1.38. The number of ether oxygens (including phenoxy) is 2. The molecule has 0 amide bonds. The predicted molar refractivity (Wildman–Crippen MR) is 117 cm³/mol. The number of hydrogen-bond donors (Lipinski definition) is 2. The molecule has 1 aliphatic heterocycles. The molecule has 0 spiro atoms. The van der Waals surface area contributed by atoms with Crippen LogP contribution in [-0.2, 0) is 6.42 Å². The van der Waals surface area contributed by atoms with E-state index >= 15 is 0 Å². The SMILES string of the molecule is CCOc1cc(Cc2cnc(N)nc2N)cc2c1OC(C)(C)C=C2[Si](C)(C)C. The zero-order chi connectivity index (χ0) is 20.7. The van der Waals surface area contributed by atoms with Crippen LogP contribution in [0.2, 0.25) is 19.6 Å². The van der Waals surface area contributed by atoms with Crippen LogP contribution < -0.4 is 20.9 Å². The van der Waals surface area contributed by atoms with Crippen molar-refractivity contribution in [1.82, 2.24) is 9.97 Å². The molecule has 0 bridgehead atoms. The summed E-state index contributed by atoms with van der Waals surface area (Å²) >= 11 is 0. The third-order valence-electron chi connectivity index (χ3n) is 4.68. The van der Waals surface area contributed by atoms with E-state index in [1.165, 1.54) is 5.20 Å². The quantitative estimate of drug-likeness (QED) is 0.737. The first kappa shape index (κ1) is 20.2. The highest BCUT2D eigenvalue weighted by atomic mass is 28.3. The second-order valence-corrected chi connectivity index (χ2v) is 13.8. The van der Waals surface area contributed by atoms with E-state index in [4.69, 9.17) is 20.9 Å². The van der Waals surface area contributed by atoms with E-state index in [1.807, 2.05) is 13.0 Å². The smallest absolute Gasteiger partial charge is 0.221 e. The third kappa shape index (κ3) is 4.14. The molecule has 2 aromatic rings. The molecular formula is C21H30N4O2Si. The lowest BCUT2D eigenvalue weighted by atomic mass is 9.97. The Labute approximate surface area is 168 Å².